The van der Waals surface area contributed by atoms with Gasteiger partial charge in [-0.3, -0.25) is 4.98 Å². The van der Waals surface area contributed by atoms with E-state index in [2.05, 4.69) is 10.3 Å². The summed E-state index contributed by atoms with van der Waals surface area (Å²) in [4.78, 5) is 4.78. The van der Waals surface area contributed by atoms with Crippen LogP contribution in [0.2, 0.25) is 5.02 Å². The van der Waals surface area contributed by atoms with Crippen molar-refractivity contribution in [3.05, 3.63) is 58.9 Å². The fraction of sp³-hybridized carbons (Fsp3) is 0.353. The van der Waals surface area contributed by atoms with E-state index in [1.165, 1.54) is 6.07 Å². The van der Waals surface area contributed by atoms with Gasteiger partial charge in [-0.1, -0.05) is 23.7 Å². The summed E-state index contributed by atoms with van der Waals surface area (Å²) in [5.74, 6) is 0.496. The number of halogens is 1. The van der Waals surface area contributed by atoms with E-state index in [1.54, 1.807) is 28.7 Å². The van der Waals surface area contributed by atoms with Crippen molar-refractivity contribution in [1.29, 1.82) is 0 Å². The second-order valence-corrected chi connectivity index (χ2v) is 8.70. The Morgan fingerprint density at radius 3 is 2.92 bits per heavy atom. The Morgan fingerprint density at radius 1 is 1.21 bits per heavy atom. The van der Waals surface area contributed by atoms with E-state index in [0.29, 0.717) is 18.1 Å². The highest BCUT2D eigenvalue weighted by atomic mass is 35.5. The summed E-state index contributed by atoms with van der Waals surface area (Å²) in [6.45, 7) is 2.50. The van der Waals surface area contributed by atoms with E-state index in [4.69, 9.17) is 11.6 Å². The third-order valence-electron chi connectivity index (χ3n) is 4.84. The molecule has 1 fully saturated rings. The number of fused-ring (bicyclic) bond motifs is 3. The molecule has 1 aromatic carbocycles. The summed E-state index contributed by atoms with van der Waals surface area (Å²) in [5, 5.41) is 3.80. The fourth-order valence-electron chi connectivity index (χ4n) is 3.64. The van der Waals surface area contributed by atoms with Gasteiger partial charge in [-0.2, -0.15) is 4.31 Å². The van der Waals surface area contributed by atoms with Gasteiger partial charge in [-0.15, -0.1) is 0 Å². The van der Waals surface area contributed by atoms with E-state index in [0.717, 1.165) is 24.3 Å². The van der Waals surface area contributed by atoms with Crippen LogP contribution in [0.25, 0.3) is 0 Å². The van der Waals surface area contributed by atoms with Crippen LogP contribution in [0.15, 0.2) is 47.5 Å². The molecule has 1 N–H and O–H groups in total. The maximum Gasteiger partial charge on any atom is 0.243 e. The van der Waals surface area contributed by atoms with Gasteiger partial charge in [0, 0.05) is 42.5 Å². The van der Waals surface area contributed by atoms with Crippen LogP contribution in [0.3, 0.4) is 0 Å². The molecule has 2 aromatic rings. The molecule has 0 unspecified atom stereocenters. The van der Waals surface area contributed by atoms with E-state index in [9.17, 15) is 8.42 Å². The van der Waals surface area contributed by atoms with Crippen LogP contribution in [0.5, 0.6) is 0 Å². The first-order valence-electron chi connectivity index (χ1n) is 7.96. The van der Waals surface area contributed by atoms with Crippen LogP contribution in [-0.2, 0) is 16.6 Å². The smallest absolute Gasteiger partial charge is 0.243 e. The molecule has 0 saturated carbocycles. The summed E-state index contributed by atoms with van der Waals surface area (Å²) in [5.41, 5.74) is 2.01. The predicted octanol–water partition coefficient (Wildman–Crippen LogP) is 2.24. The normalized spacial score (nSPS) is 24.2. The zero-order valence-electron chi connectivity index (χ0n) is 13.0. The fourth-order valence-corrected chi connectivity index (χ4v) is 5.42. The Morgan fingerprint density at radius 2 is 2.08 bits per heavy atom. The summed E-state index contributed by atoms with van der Waals surface area (Å²) in [6, 6.07) is 10.3. The average molecular weight is 364 g/mol. The van der Waals surface area contributed by atoms with Gasteiger partial charge in [-0.05, 0) is 42.3 Å². The number of benzene rings is 1. The molecule has 24 heavy (non-hydrogen) atoms. The van der Waals surface area contributed by atoms with Gasteiger partial charge < -0.3 is 5.32 Å². The Balaban J connectivity index is 1.76. The number of nitrogens with one attached hydrogen (secondary N) is 1. The Kier molecular flexibility index (Phi) is 4.08. The molecule has 3 heterocycles. The highest BCUT2D eigenvalue weighted by Gasteiger charge is 2.39. The van der Waals surface area contributed by atoms with Gasteiger partial charge in [0.15, 0.2) is 0 Å². The maximum atomic E-state index is 13.1. The second-order valence-electron chi connectivity index (χ2n) is 6.33. The third kappa shape index (κ3) is 2.73. The van der Waals surface area contributed by atoms with Crippen molar-refractivity contribution >= 4 is 21.6 Å². The summed E-state index contributed by atoms with van der Waals surface area (Å²) < 4.78 is 27.8. The first-order valence-corrected chi connectivity index (χ1v) is 9.78. The minimum atomic E-state index is -3.60. The van der Waals surface area contributed by atoms with Gasteiger partial charge in [-0.25, -0.2) is 8.42 Å². The van der Waals surface area contributed by atoms with Crippen LogP contribution < -0.4 is 5.32 Å². The zero-order valence-corrected chi connectivity index (χ0v) is 14.6. The standard InChI is InChI=1S/C17H18ClN3O2S/c18-14-4-1-5-15(7-14)24(22,23)21-10-12-3-2-6-20-17(12)16-9-19-8-13(16)11-21/h1-7,13,16,19H,8-11H2/t13-,16+/m1/s1. The lowest BCUT2D eigenvalue weighted by molar-refractivity contribution is 0.349. The largest absolute Gasteiger partial charge is 0.316 e. The van der Waals surface area contributed by atoms with Gasteiger partial charge in [0.05, 0.1) is 4.90 Å². The highest BCUT2D eigenvalue weighted by Crippen LogP contribution is 2.35. The molecular formula is C17H18ClN3O2S. The molecule has 7 heteroatoms. The number of hydrogen-bond donors (Lipinski definition) is 1. The average Bonchev–Trinajstić information content (AvgIpc) is 2.96. The van der Waals surface area contributed by atoms with Crippen LogP contribution in [0.1, 0.15) is 17.2 Å². The molecule has 1 saturated heterocycles. The summed E-state index contributed by atoms with van der Waals surface area (Å²) >= 11 is 5.99. The van der Waals surface area contributed by atoms with E-state index in [1.807, 2.05) is 12.1 Å². The minimum absolute atomic E-state index is 0.232. The maximum absolute atomic E-state index is 13.1. The van der Waals surface area contributed by atoms with Gasteiger partial charge in [0.25, 0.3) is 0 Å². The quantitative estimate of drug-likeness (QED) is 0.888. The highest BCUT2D eigenvalue weighted by molar-refractivity contribution is 7.89. The van der Waals surface area contributed by atoms with Crippen LogP contribution in [-0.4, -0.2) is 37.3 Å². The van der Waals surface area contributed by atoms with Crippen molar-refractivity contribution in [2.24, 2.45) is 5.92 Å². The van der Waals surface area contributed by atoms with Gasteiger partial charge >= 0.3 is 0 Å². The molecule has 2 aliphatic heterocycles. The Bertz CT molecular complexity index is 872. The lowest BCUT2D eigenvalue weighted by Gasteiger charge is -2.23. The van der Waals surface area contributed by atoms with Crippen molar-refractivity contribution in [1.82, 2.24) is 14.6 Å². The second kappa shape index (κ2) is 6.11. The monoisotopic (exact) mass is 363 g/mol. The topological polar surface area (TPSA) is 62.3 Å². The number of hydrogen-bond acceptors (Lipinski definition) is 4. The molecule has 5 nitrogen and oxygen atoms in total. The Labute approximate surface area is 146 Å². The summed E-state index contributed by atoms with van der Waals surface area (Å²) in [6.07, 6.45) is 1.79. The first-order chi connectivity index (χ1) is 11.6. The molecular weight excluding hydrogens is 346 g/mol. The van der Waals surface area contributed by atoms with Gasteiger partial charge in [0.2, 0.25) is 10.0 Å². The molecule has 0 spiro atoms. The molecule has 0 aliphatic carbocycles. The Hall–Kier alpha value is -1.47. The molecule has 4 rings (SSSR count). The molecule has 0 amide bonds. The first kappa shape index (κ1) is 16.0. The SMILES string of the molecule is O=S(=O)(c1cccc(Cl)c1)N1Cc2cccnc2[C@H]2CNC[C@@H]2C1. The van der Waals surface area contributed by atoms with Crippen molar-refractivity contribution in [3.8, 4) is 0 Å². The number of pyridine rings is 1. The predicted molar refractivity (Wildman–Crippen MR) is 92.4 cm³/mol. The van der Waals surface area contributed by atoms with Crippen LogP contribution in [0.4, 0.5) is 0 Å². The number of aromatic nitrogens is 1. The van der Waals surface area contributed by atoms with E-state index >= 15 is 0 Å². The van der Waals surface area contributed by atoms with E-state index in [-0.39, 0.29) is 16.7 Å². The number of sulfonamides is 1. The molecule has 1 aromatic heterocycles. The lowest BCUT2D eigenvalue weighted by Crippen LogP contribution is -2.35. The number of rotatable bonds is 2. The molecule has 126 valence electrons. The van der Waals surface area contributed by atoms with Crippen molar-refractivity contribution in [3.63, 3.8) is 0 Å². The van der Waals surface area contributed by atoms with Gasteiger partial charge in [0.1, 0.15) is 0 Å². The molecule has 0 radical (unpaired) electrons. The van der Waals surface area contributed by atoms with Crippen molar-refractivity contribution in [2.45, 2.75) is 17.4 Å². The zero-order chi connectivity index (χ0) is 16.7. The van der Waals surface area contributed by atoms with Crippen molar-refractivity contribution in [2.75, 3.05) is 19.6 Å². The molecule has 0 bridgehead atoms. The third-order valence-corrected chi connectivity index (χ3v) is 6.88. The van der Waals surface area contributed by atoms with Crippen LogP contribution in [0, 0.1) is 5.92 Å². The van der Waals surface area contributed by atoms with Crippen LogP contribution >= 0.6 is 11.6 Å². The van der Waals surface area contributed by atoms with Crippen molar-refractivity contribution < 1.29 is 8.42 Å². The lowest BCUT2D eigenvalue weighted by atomic mass is 9.91. The molecule has 2 aliphatic rings. The summed E-state index contributed by atoms with van der Waals surface area (Å²) in [7, 11) is -3.60. The minimum Gasteiger partial charge on any atom is -0.316 e. The van der Waals surface area contributed by atoms with E-state index < -0.39 is 10.0 Å². The number of nitrogens with zero attached hydrogens (tertiary/aromatic N) is 2. The molecule has 2 atom stereocenters.